The van der Waals surface area contributed by atoms with Crippen LogP contribution in [0.3, 0.4) is 0 Å². The lowest BCUT2D eigenvalue weighted by Gasteiger charge is -2.28. The lowest BCUT2D eigenvalue weighted by Crippen LogP contribution is -2.46. The first-order valence-electron chi connectivity index (χ1n) is 6.89. The summed E-state index contributed by atoms with van der Waals surface area (Å²) in [6, 6.07) is 9.18. The summed E-state index contributed by atoms with van der Waals surface area (Å²) >= 11 is 0. The minimum absolute atomic E-state index is 0.0181. The van der Waals surface area contributed by atoms with Gasteiger partial charge in [-0.15, -0.1) is 0 Å². The van der Waals surface area contributed by atoms with E-state index in [9.17, 15) is 9.90 Å². The second-order valence-electron chi connectivity index (χ2n) is 5.31. The summed E-state index contributed by atoms with van der Waals surface area (Å²) in [6.45, 7) is 0.280. The predicted octanol–water partition coefficient (Wildman–Crippen LogP) is 1.36. The Kier molecular flexibility index (Phi) is 4.56. The molecule has 2 rings (SSSR count). The first-order valence-corrected chi connectivity index (χ1v) is 6.89. The van der Waals surface area contributed by atoms with Crippen LogP contribution in [0.15, 0.2) is 30.3 Å². The number of carbonyl (C=O) groups is 1. The van der Waals surface area contributed by atoms with E-state index >= 15 is 0 Å². The molecule has 1 aromatic carbocycles. The quantitative estimate of drug-likeness (QED) is 0.750. The molecule has 4 N–H and O–H groups in total. The number of carbonyl (C=O) groups excluding carboxylic acids is 1. The second kappa shape index (κ2) is 6.17. The molecule has 1 aliphatic rings. The average molecular weight is 262 g/mol. The van der Waals surface area contributed by atoms with Crippen LogP contribution in [0.2, 0.25) is 0 Å². The minimum atomic E-state index is -0.428. The van der Waals surface area contributed by atoms with Crippen molar-refractivity contribution >= 4 is 5.91 Å². The van der Waals surface area contributed by atoms with E-state index in [4.69, 9.17) is 5.73 Å². The molecular weight excluding hydrogens is 240 g/mol. The van der Waals surface area contributed by atoms with E-state index in [0.717, 1.165) is 31.2 Å². The van der Waals surface area contributed by atoms with E-state index in [0.29, 0.717) is 6.54 Å². The van der Waals surface area contributed by atoms with Crippen molar-refractivity contribution in [1.29, 1.82) is 0 Å². The van der Waals surface area contributed by atoms with Crippen LogP contribution in [-0.4, -0.2) is 24.2 Å². The fourth-order valence-electron chi connectivity index (χ4n) is 2.81. The predicted molar refractivity (Wildman–Crippen MR) is 74.4 cm³/mol. The van der Waals surface area contributed by atoms with Crippen LogP contribution in [-0.2, 0) is 4.79 Å². The zero-order chi connectivity index (χ0) is 13.7. The molecule has 0 bridgehead atoms. The number of hydrogen-bond donors (Lipinski definition) is 3. The van der Waals surface area contributed by atoms with Gasteiger partial charge in [-0.2, -0.15) is 0 Å². The van der Waals surface area contributed by atoms with E-state index in [2.05, 4.69) is 5.32 Å². The van der Waals surface area contributed by atoms with Crippen LogP contribution in [0.25, 0.3) is 0 Å². The molecule has 1 fully saturated rings. The van der Waals surface area contributed by atoms with Gasteiger partial charge in [-0.25, -0.2) is 0 Å². The van der Waals surface area contributed by atoms with Gasteiger partial charge in [-0.1, -0.05) is 43.2 Å². The van der Waals surface area contributed by atoms with Crippen molar-refractivity contribution in [3.8, 4) is 0 Å². The maximum atomic E-state index is 12.4. The molecule has 1 aliphatic carbocycles. The van der Waals surface area contributed by atoms with Crippen LogP contribution in [0.1, 0.15) is 37.3 Å². The number of aliphatic hydroxyl groups excluding tert-OH is 1. The standard InChI is InChI=1S/C15H22N2O2/c16-11-15(8-4-5-9-15)14(19)17-13(10-18)12-6-2-1-3-7-12/h1-3,6-7,13,18H,4-5,8-11,16H2,(H,17,19)/t13-/m0/s1. The van der Waals surface area contributed by atoms with Gasteiger partial charge in [0.25, 0.3) is 0 Å². The van der Waals surface area contributed by atoms with Crippen molar-refractivity contribution in [1.82, 2.24) is 5.32 Å². The van der Waals surface area contributed by atoms with Crippen LogP contribution >= 0.6 is 0 Å². The number of hydrogen-bond acceptors (Lipinski definition) is 3. The largest absolute Gasteiger partial charge is 0.394 e. The molecule has 1 amide bonds. The van der Waals surface area contributed by atoms with Gasteiger partial charge in [0, 0.05) is 6.54 Å². The number of nitrogens with one attached hydrogen (secondary N) is 1. The highest BCUT2D eigenvalue weighted by atomic mass is 16.3. The second-order valence-corrected chi connectivity index (χ2v) is 5.31. The number of amides is 1. The summed E-state index contributed by atoms with van der Waals surface area (Å²) in [7, 11) is 0. The van der Waals surface area contributed by atoms with Gasteiger partial charge in [-0.05, 0) is 18.4 Å². The number of rotatable bonds is 5. The van der Waals surface area contributed by atoms with Gasteiger partial charge >= 0.3 is 0 Å². The Bertz CT molecular complexity index is 413. The van der Waals surface area contributed by atoms with Crippen molar-refractivity contribution in [3.63, 3.8) is 0 Å². The van der Waals surface area contributed by atoms with E-state index in [-0.39, 0.29) is 18.6 Å². The Morgan fingerprint density at radius 1 is 1.32 bits per heavy atom. The summed E-state index contributed by atoms with van der Waals surface area (Å²) in [5, 5.41) is 12.4. The fraction of sp³-hybridized carbons (Fsp3) is 0.533. The monoisotopic (exact) mass is 262 g/mol. The molecule has 4 nitrogen and oxygen atoms in total. The van der Waals surface area contributed by atoms with Crippen molar-refractivity contribution in [2.75, 3.05) is 13.2 Å². The minimum Gasteiger partial charge on any atom is -0.394 e. The van der Waals surface area contributed by atoms with E-state index < -0.39 is 5.41 Å². The van der Waals surface area contributed by atoms with Crippen LogP contribution in [0.5, 0.6) is 0 Å². The van der Waals surface area contributed by atoms with Gasteiger partial charge in [0.1, 0.15) is 0 Å². The number of nitrogens with two attached hydrogens (primary N) is 1. The van der Waals surface area contributed by atoms with E-state index in [1.807, 2.05) is 30.3 Å². The summed E-state index contributed by atoms with van der Waals surface area (Å²) < 4.78 is 0. The first kappa shape index (κ1) is 14.0. The molecule has 0 aromatic heterocycles. The highest BCUT2D eigenvalue weighted by Gasteiger charge is 2.40. The topological polar surface area (TPSA) is 75.4 Å². The Balaban J connectivity index is 2.08. The van der Waals surface area contributed by atoms with Crippen molar-refractivity contribution in [3.05, 3.63) is 35.9 Å². The SMILES string of the molecule is NCC1(C(=O)N[C@@H](CO)c2ccccc2)CCCC1. The molecule has 1 aromatic rings. The van der Waals surface area contributed by atoms with Gasteiger partial charge < -0.3 is 16.2 Å². The fourth-order valence-corrected chi connectivity index (χ4v) is 2.81. The molecule has 0 aliphatic heterocycles. The van der Waals surface area contributed by atoms with Gasteiger partial charge in [0.15, 0.2) is 0 Å². The van der Waals surface area contributed by atoms with Crippen molar-refractivity contribution in [2.45, 2.75) is 31.7 Å². The number of aliphatic hydroxyl groups is 1. The van der Waals surface area contributed by atoms with Crippen LogP contribution in [0, 0.1) is 5.41 Å². The zero-order valence-corrected chi connectivity index (χ0v) is 11.1. The summed E-state index contributed by atoms with van der Waals surface area (Å²) in [5.41, 5.74) is 6.29. The Morgan fingerprint density at radius 3 is 2.47 bits per heavy atom. The third-order valence-corrected chi connectivity index (χ3v) is 4.12. The molecule has 0 spiro atoms. The molecule has 19 heavy (non-hydrogen) atoms. The molecule has 4 heteroatoms. The van der Waals surface area contributed by atoms with E-state index in [1.165, 1.54) is 0 Å². The molecule has 104 valence electrons. The van der Waals surface area contributed by atoms with Crippen LogP contribution in [0.4, 0.5) is 0 Å². The molecular formula is C15H22N2O2. The molecule has 0 saturated heterocycles. The van der Waals surface area contributed by atoms with Crippen molar-refractivity contribution in [2.24, 2.45) is 11.1 Å². The molecule has 1 saturated carbocycles. The number of benzene rings is 1. The maximum Gasteiger partial charge on any atom is 0.228 e. The Morgan fingerprint density at radius 2 is 1.95 bits per heavy atom. The van der Waals surface area contributed by atoms with Crippen LogP contribution < -0.4 is 11.1 Å². The highest BCUT2D eigenvalue weighted by molar-refractivity contribution is 5.83. The van der Waals surface area contributed by atoms with E-state index in [1.54, 1.807) is 0 Å². The van der Waals surface area contributed by atoms with Crippen molar-refractivity contribution < 1.29 is 9.90 Å². The maximum absolute atomic E-state index is 12.4. The molecule has 1 atom stereocenters. The molecule has 0 unspecified atom stereocenters. The average Bonchev–Trinajstić information content (AvgIpc) is 2.95. The molecule has 0 heterocycles. The van der Waals surface area contributed by atoms with Gasteiger partial charge in [0.05, 0.1) is 18.1 Å². The zero-order valence-electron chi connectivity index (χ0n) is 11.1. The Hall–Kier alpha value is -1.39. The first-order chi connectivity index (χ1) is 9.22. The third kappa shape index (κ3) is 2.96. The summed E-state index contributed by atoms with van der Waals surface area (Å²) in [5.74, 6) is -0.0181. The normalized spacial score (nSPS) is 19.1. The van der Waals surface area contributed by atoms with Gasteiger partial charge in [0.2, 0.25) is 5.91 Å². The smallest absolute Gasteiger partial charge is 0.228 e. The Labute approximate surface area is 114 Å². The lowest BCUT2D eigenvalue weighted by molar-refractivity contribution is -0.131. The third-order valence-electron chi connectivity index (χ3n) is 4.12. The highest BCUT2D eigenvalue weighted by Crippen LogP contribution is 2.37. The lowest BCUT2D eigenvalue weighted by atomic mass is 9.85. The molecule has 0 radical (unpaired) electrons. The van der Waals surface area contributed by atoms with Gasteiger partial charge in [-0.3, -0.25) is 4.79 Å². The summed E-state index contributed by atoms with van der Waals surface area (Å²) in [6.07, 6.45) is 3.81. The summed E-state index contributed by atoms with van der Waals surface area (Å²) in [4.78, 5) is 12.4.